The first kappa shape index (κ1) is 13.3. The van der Waals surface area contributed by atoms with Crippen molar-refractivity contribution in [1.82, 2.24) is 4.98 Å². The Morgan fingerprint density at radius 3 is 2.95 bits per heavy atom. The molecule has 0 radical (unpaired) electrons. The minimum Gasteiger partial charge on any atom is -0.487 e. The number of nitrogens with two attached hydrogens (primary N) is 1. The number of nitriles is 1. The van der Waals surface area contributed by atoms with Crippen LogP contribution in [-0.4, -0.2) is 4.98 Å². The highest BCUT2D eigenvalue weighted by atomic mass is 35.5. The van der Waals surface area contributed by atoms with Crippen molar-refractivity contribution in [2.45, 2.75) is 13.2 Å². The van der Waals surface area contributed by atoms with Crippen LogP contribution in [0.3, 0.4) is 0 Å². The monoisotopic (exact) mass is 273 g/mol. The molecule has 2 N–H and O–H groups in total. The molecule has 0 saturated heterocycles. The van der Waals surface area contributed by atoms with Gasteiger partial charge in [0.1, 0.15) is 24.1 Å². The molecule has 4 nitrogen and oxygen atoms in total. The second-order valence-corrected chi connectivity index (χ2v) is 4.29. The molecule has 2 aromatic rings. The standard InChI is InChI=1S/C14H12ClN3O/c15-13-3-1-2-11(7-16)14(13)19-9-10-4-5-18-12(6-10)8-17/h1-6H,7,9,16H2. The van der Waals surface area contributed by atoms with Gasteiger partial charge in [0, 0.05) is 18.3 Å². The van der Waals surface area contributed by atoms with E-state index in [9.17, 15) is 0 Å². The van der Waals surface area contributed by atoms with Crippen LogP contribution in [0.1, 0.15) is 16.8 Å². The molecule has 0 fully saturated rings. The van der Waals surface area contributed by atoms with E-state index in [1.807, 2.05) is 18.2 Å². The quantitative estimate of drug-likeness (QED) is 0.929. The van der Waals surface area contributed by atoms with Crippen LogP contribution >= 0.6 is 11.6 Å². The number of hydrogen-bond acceptors (Lipinski definition) is 4. The van der Waals surface area contributed by atoms with Gasteiger partial charge in [0.2, 0.25) is 0 Å². The molecular formula is C14H12ClN3O. The van der Waals surface area contributed by atoms with Gasteiger partial charge in [0.15, 0.2) is 0 Å². The summed E-state index contributed by atoms with van der Waals surface area (Å²) in [5, 5.41) is 9.31. The van der Waals surface area contributed by atoms with Crippen LogP contribution in [-0.2, 0) is 13.2 Å². The molecule has 1 aromatic heterocycles. The molecule has 19 heavy (non-hydrogen) atoms. The molecule has 0 saturated carbocycles. The minimum absolute atomic E-state index is 0.313. The number of rotatable bonds is 4. The lowest BCUT2D eigenvalue weighted by Gasteiger charge is -2.12. The average molecular weight is 274 g/mol. The zero-order valence-electron chi connectivity index (χ0n) is 10.1. The summed E-state index contributed by atoms with van der Waals surface area (Å²) in [4.78, 5) is 3.90. The van der Waals surface area contributed by atoms with Crippen LogP contribution in [0.15, 0.2) is 36.5 Å². The third-order valence-electron chi connectivity index (χ3n) is 2.59. The summed E-state index contributed by atoms with van der Waals surface area (Å²) >= 11 is 6.09. The zero-order valence-corrected chi connectivity index (χ0v) is 10.9. The van der Waals surface area contributed by atoms with E-state index in [0.29, 0.717) is 29.6 Å². The summed E-state index contributed by atoms with van der Waals surface area (Å²) in [6.07, 6.45) is 1.58. The summed E-state index contributed by atoms with van der Waals surface area (Å²) in [7, 11) is 0. The maximum Gasteiger partial charge on any atom is 0.142 e. The summed E-state index contributed by atoms with van der Waals surface area (Å²) in [5.41, 5.74) is 7.71. The highest BCUT2D eigenvalue weighted by molar-refractivity contribution is 6.32. The first-order chi connectivity index (χ1) is 9.24. The SMILES string of the molecule is N#Cc1cc(COc2c(Cl)cccc2CN)ccn1. The van der Waals surface area contributed by atoms with Gasteiger partial charge in [0.05, 0.1) is 5.02 Å². The highest BCUT2D eigenvalue weighted by Gasteiger charge is 2.07. The van der Waals surface area contributed by atoms with Crippen LogP contribution in [0.4, 0.5) is 0 Å². The number of halogens is 1. The Kier molecular flexibility index (Phi) is 4.35. The minimum atomic E-state index is 0.313. The van der Waals surface area contributed by atoms with Crippen molar-refractivity contribution in [3.63, 3.8) is 0 Å². The van der Waals surface area contributed by atoms with Crippen LogP contribution in [0, 0.1) is 11.3 Å². The molecule has 0 spiro atoms. The Balaban J connectivity index is 2.17. The van der Waals surface area contributed by atoms with Gasteiger partial charge in [-0.15, -0.1) is 0 Å². The molecule has 0 aliphatic heterocycles. The Hall–Kier alpha value is -2.09. The molecule has 0 atom stereocenters. The van der Waals surface area contributed by atoms with Crippen molar-refractivity contribution in [3.05, 3.63) is 58.4 Å². The van der Waals surface area contributed by atoms with Crippen molar-refractivity contribution in [3.8, 4) is 11.8 Å². The van der Waals surface area contributed by atoms with E-state index in [0.717, 1.165) is 11.1 Å². The Labute approximate surface area is 116 Å². The van der Waals surface area contributed by atoms with E-state index < -0.39 is 0 Å². The van der Waals surface area contributed by atoms with Crippen molar-refractivity contribution in [2.24, 2.45) is 5.73 Å². The predicted molar refractivity (Wildman–Crippen MR) is 72.6 cm³/mol. The van der Waals surface area contributed by atoms with E-state index >= 15 is 0 Å². The summed E-state index contributed by atoms with van der Waals surface area (Å²) < 4.78 is 5.70. The van der Waals surface area contributed by atoms with Gasteiger partial charge >= 0.3 is 0 Å². The van der Waals surface area contributed by atoms with Crippen LogP contribution in [0.2, 0.25) is 5.02 Å². The Morgan fingerprint density at radius 1 is 1.37 bits per heavy atom. The highest BCUT2D eigenvalue weighted by Crippen LogP contribution is 2.29. The second-order valence-electron chi connectivity index (χ2n) is 3.88. The van der Waals surface area contributed by atoms with Crippen LogP contribution in [0.25, 0.3) is 0 Å². The molecule has 0 aliphatic carbocycles. The number of nitrogens with zero attached hydrogens (tertiary/aromatic N) is 2. The summed E-state index contributed by atoms with van der Waals surface area (Å²) in [6.45, 7) is 0.670. The largest absolute Gasteiger partial charge is 0.487 e. The first-order valence-corrected chi connectivity index (χ1v) is 6.07. The maximum absolute atomic E-state index is 8.78. The van der Waals surface area contributed by atoms with Gasteiger partial charge in [-0.05, 0) is 23.8 Å². The van der Waals surface area contributed by atoms with Gasteiger partial charge < -0.3 is 10.5 Å². The third kappa shape index (κ3) is 3.22. The van der Waals surface area contributed by atoms with E-state index in [2.05, 4.69) is 4.98 Å². The number of hydrogen-bond donors (Lipinski definition) is 1. The maximum atomic E-state index is 8.78. The zero-order chi connectivity index (χ0) is 13.7. The molecule has 2 rings (SSSR count). The lowest BCUT2D eigenvalue weighted by atomic mass is 10.2. The second kappa shape index (κ2) is 6.19. The normalized spacial score (nSPS) is 9.95. The predicted octanol–water partition coefficient (Wildman–Crippen LogP) is 2.64. The van der Waals surface area contributed by atoms with Crippen LogP contribution < -0.4 is 10.5 Å². The number of para-hydroxylation sites is 1. The lowest BCUT2D eigenvalue weighted by Crippen LogP contribution is -2.03. The number of aromatic nitrogens is 1. The topological polar surface area (TPSA) is 71.9 Å². The smallest absolute Gasteiger partial charge is 0.142 e. The Morgan fingerprint density at radius 2 is 2.21 bits per heavy atom. The van der Waals surface area contributed by atoms with Crippen molar-refractivity contribution in [2.75, 3.05) is 0 Å². The number of pyridine rings is 1. The fourth-order valence-electron chi connectivity index (χ4n) is 1.66. The molecule has 0 bridgehead atoms. The fraction of sp³-hybridized carbons (Fsp3) is 0.143. The van der Waals surface area contributed by atoms with Crippen molar-refractivity contribution >= 4 is 11.6 Å². The molecule has 96 valence electrons. The third-order valence-corrected chi connectivity index (χ3v) is 2.89. The van der Waals surface area contributed by atoms with Crippen molar-refractivity contribution < 1.29 is 4.74 Å². The molecule has 1 heterocycles. The summed E-state index contributed by atoms with van der Waals surface area (Å²) in [5.74, 6) is 0.585. The number of benzene rings is 1. The molecule has 1 aromatic carbocycles. The van der Waals surface area contributed by atoms with E-state index in [1.54, 1.807) is 24.4 Å². The molecular weight excluding hydrogens is 262 g/mol. The van der Waals surface area contributed by atoms with Gasteiger partial charge in [0.25, 0.3) is 0 Å². The van der Waals surface area contributed by atoms with E-state index in [4.69, 9.17) is 27.3 Å². The Bertz CT molecular complexity index is 622. The molecule has 0 amide bonds. The van der Waals surface area contributed by atoms with E-state index in [1.165, 1.54) is 0 Å². The van der Waals surface area contributed by atoms with E-state index in [-0.39, 0.29) is 0 Å². The summed E-state index contributed by atoms with van der Waals surface area (Å²) in [6, 6.07) is 10.9. The van der Waals surface area contributed by atoms with Gasteiger partial charge in [-0.25, -0.2) is 4.98 Å². The molecule has 5 heteroatoms. The van der Waals surface area contributed by atoms with Gasteiger partial charge in [-0.2, -0.15) is 5.26 Å². The lowest BCUT2D eigenvalue weighted by molar-refractivity contribution is 0.303. The van der Waals surface area contributed by atoms with Gasteiger partial charge in [-0.3, -0.25) is 0 Å². The van der Waals surface area contributed by atoms with Gasteiger partial charge in [-0.1, -0.05) is 23.7 Å². The number of ether oxygens (including phenoxy) is 1. The van der Waals surface area contributed by atoms with Crippen molar-refractivity contribution in [1.29, 1.82) is 5.26 Å². The molecule has 0 aliphatic rings. The first-order valence-electron chi connectivity index (χ1n) is 5.70. The van der Waals surface area contributed by atoms with Crippen LogP contribution in [0.5, 0.6) is 5.75 Å². The molecule has 0 unspecified atom stereocenters. The fourth-order valence-corrected chi connectivity index (χ4v) is 1.91. The average Bonchev–Trinajstić information content (AvgIpc) is 2.46.